The Hall–Kier alpha value is -0.940. The Balaban J connectivity index is 0.00000162. The minimum absolute atomic E-state index is 0. The van der Waals surface area contributed by atoms with Gasteiger partial charge in [0.1, 0.15) is 5.75 Å². The predicted octanol–water partition coefficient (Wildman–Crippen LogP) is 3.21. The highest BCUT2D eigenvalue weighted by Crippen LogP contribution is 2.38. The molecule has 1 N–H and O–H groups in total. The molecule has 1 aliphatic rings. The maximum Gasteiger partial charge on any atom is 0.419 e. The van der Waals surface area contributed by atoms with Gasteiger partial charge in [-0.2, -0.15) is 13.2 Å². The summed E-state index contributed by atoms with van der Waals surface area (Å²) in [6.45, 7) is 1.72. The second kappa shape index (κ2) is 5.80. The van der Waals surface area contributed by atoms with Crippen LogP contribution < -0.4 is 10.1 Å². The first-order chi connectivity index (χ1) is 8.02. The van der Waals surface area contributed by atoms with Crippen molar-refractivity contribution < 1.29 is 17.9 Å². The number of methoxy groups -OCH3 is 1. The molecule has 1 atom stereocenters. The summed E-state index contributed by atoms with van der Waals surface area (Å²) >= 11 is 0. The molecule has 1 aromatic rings. The third-order valence-electron chi connectivity index (χ3n) is 3.06. The Bertz CT molecular complexity index is 403. The Labute approximate surface area is 110 Å². The van der Waals surface area contributed by atoms with Crippen molar-refractivity contribution in [3.05, 3.63) is 29.3 Å². The number of benzene rings is 1. The predicted molar refractivity (Wildman–Crippen MR) is 65.5 cm³/mol. The molecule has 0 aromatic heterocycles. The van der Waals surface area contributed by atoms with E-state index >= 15 is 0 Å². The molecule has 2 rings (SSSR count). The van der Waals surface area contributed by atoms with Crippen molar-refractivity contribution >= 4 is 12.4 Å². The molecule has 1 fully saturated rings. The molecule has 1 heterocycles. The van der Waals surface area contributed by atoms with Crippen LogP contribution in [-0.4, -0.2) is 20.2 Å². The lowest BCUT2D eigenvalue weighted by Gasteiger charge is -2.15. The lowest BCUT2D eigenvalue weighted by atomic mass is 9.96. The van der Waals surface area contributed by atoms with E-state index in [2.05, 4.69) is 5.32 Å². The van der Waals surface area contributed by atoms with Crippen molar-refractivity contribution in [1.29, 1.82) is 0 Å². The van der Waals surface area contributed by atoms with Crippen LogP contribution in [0, 0.1) is 0 Å². The van der Waals surface area contributed by atoms with Crippen LogP contribution in [0.5, 0.6) is 5.75 Å². The highest BCUT2D eigenvalue weighted by molar-refractivity contribution is 5.85. The normalized spacial score (nSPS) is 19.4. The zero-order valence-electron chi connectivity index (χ0n) is 9.88. The first-order valence-electron chi connectivity index (χ1n) is 5.48. The molecule has 0 radical (unpaired) electrons. The quantitative estimate of drug-likeness (QED) is 0.899. The number of alkyl halides is 3. The van der Waals surface area contributed by atoms with Gasteiger partial charge in [0.05, 0.1) is 12.7 Å². The van der Waals surface area contributed by atoms with Gasteiger partial charge in [-0.15, -0.1) is 12.4 Å². The summed E-state index contributed by atoms with van der Waals surface area (Å²) in [5.74, 6) is 0.188. The Morgan fingerprint density at radius 3 is 2.56 bits per heavy atom. The van der Waals surface area contributed by atoms with E-state index in [-0.39, 0.29) is 24.1 Å². The minimum atomic E-state index is -4.36. The van der Waals surface area contributed by atoms with Crippen molar-refractivity contribution in [2.24, 2.45) is 0 Å². The standard InChI is InChI=1S/C12H14F3NO.ClH/c1-17-11-6-8(9-4-5-16-7-9)2-3-10(11)12(13,14)15;/h2-3,6,9,16H,4-5,7H2,1H3;1H. The fraction of sp³-hybridized carbons (Fsp3) is 0.500. The third kappa shape index (κ3) is 3.09. The summed E-state index contributed by atoms with van der Waals surface area (Å²) in [7, 11) is 1.27. The van der Waals surface area contributed by atoms with Crippen LogP contribution in [0.4, 0.5) is 13.2 Å². The lowest BCUT2D eigenvalue weighted by molar-refractivity contribution is -0.138. The molecule has 0 spiro atoms. The van der Waals surface area contributed by atoms with Crippen LogP contribution in [0.1, 0.15) is 23.5 Å². The van der Waals surface area contributed by atoms with E-state index in [4.69, 9.17) is 4.74 Å². The summed E-state index contributed by atoms with van der Waals surface area (Å²) < 4.78 is 42.8. The molecule has 1 saturated heterocycles. The molecule has 0 bridgehead atoms. The van der Waals surface area contributed by atoms with Crippen LogP contribution in [0.2, 0.25) is 0 Å². The number of ether oxygens (including phenoxy) is 1. The van der Waals surface area contributed by atoms with Gasteiger partial charge in [0, 0.05) is 6.54 Å². The van der Waals surface area contributed by atoms with Crippen LogP contribution in [-0.2, 0) is 6.18 Å². The monoisotopic (exact) mass is 281 g/mol. The van der Waals surface area contributed by atoms with E-state index in [1.165, 1.54) is 13.2 Å². The summed E-state index contributed by atoms with van der Waals surface area (Å²) in [5, 5.41) is 3.19. The largest absolute Gasteiger partial charge is 0.496 e. The van der Waals surface area contributed by atoms with Crippen LogP contribution >= 0.6 is 12.4 Å². The molecule has 1 aliphatic heterocycles. The van der Waals surface area contributed by atoms with Crippen LogP contribution in [0.3, 0.4) is 0 Å². The Kier molecular flexibility index (Phi) is 4.87. The number of hydrogen-bond acceptors (Lipinski definition) is 2. The highest BCUT2D eigenvalue weighted by atomic mass is 35.5. The molecule has 1 aromatic carbocycles. The van der Waals surface area contributed by atoms with Crippen LogP contribution in [0.15, 0.2) is 18.2 Å². The van der Waals surface area contributed by atoms with E-state index < -0.39 is 11.7 Å². The van der Waals surface area contributed by atoms with E-state index in [0.717, 1.165) is 31.1 Å². The summed E-state index contributed by atoms with van der Waals surface area (Å²) in [6.07, 6.45) is -3.41. The molecule has 0 amide bonds. The number of hydrogen-bond donors (Lipinski definition) is 1. The Morgan fingerprint density at radius 1 is 1.33 bits per heavy atom. The smallest absolute Gasteiger partial charge is 0.419 e. The molecule has 18 heavy (non-hydrogen) atoms. The SMILES string of the molecule is COc1cc(C2CCNC2)ccc1C(F)(F)F.Cl. The van der Waals surface area contributed by atoms with Crippen molar-refractivity contribution in [1.82, 2.24) is 5.32 Å². The lowest BCUT2D eigenvalue weighted by Crippen LogP contribution is -2.10. The molecule has 2 nitrogen and oxygen atoms in total. The van der Waals surface area contributed by atoms with E-state index in [1.807, 2.05) is 0 Å². The van der Waals surface area contributed by atoms with Gasteiger partial charge in [-0.25, -0.2) is 0 Å². The van der Waals surface area contributed by atoms with Crippen molar-refractivity contribution in [3.63, 3.8) is 0 Å². The highest BCUT2D eigenvalue weighted by Gasteiger charge is 2.34. The maximum absolute atomic E-state index is 12.7. The fourth-order valence-electron chi connectivity index (χ4n) is 2.14. The van der Waals surface area contributed by atoms with Gasteiger partial charge >= 0.3 is 6.18 Å². The minimum Gasteiger partial charge on any atom is -0.496 e. The molecular formula is C12H15ClF3NO. The molecule has 0 aliphatic carbocycles. The first-order valence-corrected chi connectivity index (χ1v) is 5.48. The average molecular weight is 282 g/mol. The molecular weight excluding hydrogens is 267 g/mol. The first kappa shape index (κ1) is 15.1. The van der Waals surface area contributed by atoms with Crippen molar-refractivity contribution in [2.45, 2.75) is 18.5 Å². The van der Waals surface area contributed by atoms with Gasteiger partial charge in [-0.1, -0.05) is 6.07 Å². The molecule has 0 saturated carbocycles. The van der Waals surface area contributed by atoms with E-state index in [0.29, 0.717) is 0 Å². The number of nitrogens with one attached hydrogen (secondary N) is 1. The topological polar surface area (TPSA) is 21.3 Å². The van der Waals surface area contributed by atoms with E-state index in [9.17, 15) is 13.2 Å². The Morgan fingerprint density at radius 2 is 2.06 bits per heavy atom. The molecule has 6 heteroatoms. The summed E-state index contributed by atoms with van der Waals surface area (Å²) in [4.78, 5) is 0. The van der Waals surface area contributed by atoms with E-state index in [1.54, 1.807) is 6.07 Å². The average Bonchev–Trinajstić information content (AvgIpc) is 2.80. The van der Waals surface area contributed by atoms with Crippen molar-refractivity contribution in [3.8, 4) is 5.75 Å². The zero-order chi connectivity index (χ0) is 12.5. The third-order valence-corrected chi connectivity index (χ3v) is 3.06. The molecule has 1 unspecified atom stereocenters. The van der Waals surface area contributed by atoms with Gasteiger partial charge in [0.2, 0.25) is 0 Å². The summed E-state index contributed by atoms with van der Waals surface area (Å²) in [6, 6.07) is 4.15. The van der Waals surface area contributed by atoms with Gasteiger partial charge in [-0.05, 0) is 36.6 Å². The van der Waals surface area contributed by atoms with Gasteiger partial charge in [-0.3, -0.25) is 0 Å². The maximum atomic E-state index is 12.7. The van der Waals surface area contributed by atoms with Gasteiger partial charge in [0.25, 0.3) is 0 Å². The number of rotatable bonds is 2. The van der Waals surface area contributed by atoms with Crippen molar-refractivity contribution in [2.75, 3.05) is 20.2 Å². The van der Waals surface area contributed by atoms with Crippen LogP contribution in [0.25, 0.3) is 0 Å². The second-order valence-corrected chi connectivity index (χ2v) is 4.15. The number of halogens is 4. The van der Waals surface area contributed by atoms with Gasteiger partial charge in [0.15, 0.2) is 0 Å². The molecule has 102 valence electrons. The summed E-state index contributed by atoms with van der Waals surface area (Å²) in [5.41, 5.74) is 0.189. The fourth-order valence-corrected chi connectivity index (χ4v) is 2.14. The zero-order valence-corrected chi connectivity index (χ0v) is 10.7. The second-order valence-electron chi connectivity index (χ2n) is 4.15. The van der Waals surface area contributed by atoms with Gasteiger partial charge < -0.3 is 10.1 Å².